The Bertz CT molecular complexity index is 342. The Kier molecular flexibility index (Phi) is 5.01. The minimum atomic E-state index is -4.92. The molecule has 1 aliphatic heterocycles. The van der Waals surface area contributed by atoms with Gasteiger partial charge in [0.25, 0.3) is 0 Å². The Hall–Kier alpha value is -1.74. The number of morpholine rings is 1. The van der Waals surface area contributed by atoms with Crippen molar-refractivity contribution in [1.29, 1.82) is 0 Å². The van der Waals surface area contributed by atoms with E-state index in [1.54, 1.807) is 0 Å². The second kappa shape index (κ2) is 6.14. The van der Waals surface area contributed by atoms with Crippen LogP contribution in [0.15, 0.2) is 0 Å². The first-order valence-electron chi connectivity index (χ1n) is 5.28. The number of rotatable bonds is 5. The molecule has 0 aliphatic carbocycles. The molecule has 1 rings (SSSR count). The van der Waals surface area contributed by atoms with Crippen LogP contribution in [0.4, 0.5) is 30.7 Å². The van der Waals surface area contributed by atoms with E-state index >= 15 is 0 Å². The van der Waals surface area contributed by atoms with Gasteiger partial charge in [0, 0.05) is 0 Å². The molecule has 0 amide bonds. The molecular formula is C9H11CfF7NO2. The molecule has 0 saturated carbocycles. The first kappa shape index (κ1) is 16.3. The SMILES string of the molecule is FC(F)C(F)(F)CO[C](=[Cf][N]1CCOCC1)C(F)(F)F. The van der Waals surface area contributed by atoms with Crippen molar-refractivity contribution < 1.29 is 40.2 Å². The molecule has 1 saturated heterocycles. The fourth-order valence-electron chi connectivity index (χ4n) is 1.05. The molecule has 0 aromatic rings. The van der Waals surface area contributed by atoms with Crippen LogP contribution in [0.1, 0.15) is 0 Å². The zero-order chi connectivity index (χ0) is 15.4. The summed E-state index contributed by atoms with van der Waals surface area (Å²) in [5.74, 6) is -4.60. The second-order valence-corrected chi connectivity index (χ2v) is 7.10. The van der Waals surface area contributed by atoms with Crippen molar-refractivity contribution in [2.24, 2.45) is 0 Å². The van der Waals surface area contributed by atoms with Crippen LogP contribution >= 0.6 is 0 Å². The fraction of sp³-hybridized carbons (Fsp3) is 0.889. The number of halogens is 7. The van der Waals surface area contributed by atoms with E-state index in [0.717, 1.165) is 0 Å². The summed E-state index contributed by atoms with van der Waals surface area (Å²) >= 11 is 0. The summed E-state index contributed by atoms with van der Waals surface area (Å²) in [6.07, 6.45) is -8.99. The van der Waals surface area contributed by atoms with E-state index in [-0.39, 0.29) is 26.3 Å². The monoisotopic (exact) mass is 547 g/mol. The topological polar surface area (TPSA) is 21.7 Å². The van der Waals surface area contributed by atoms with Gasteiger partial charge in [-0.2, -0.15) is 0 Å². The second-order valence-electron chi connectivity index (χ2n) is 3.65. The van der Waals surface area contributed by atoms with Gasteiger partial charge < -0.3 is 0 Å². The van der Waals surface area contributed by atoms with Crippen molar-refractivity contribution in [3.8, 4) is 0 Å². The van der Waals surface area contributed by atoms with E-state index in [0.29, 0.717) is 0 Å². The average Bonchev–Trinajstić information content (AvgIpc) is 2.34. The first-order chi connectivity index (χ1) is 9.13. The molecular weight excluding hydrogens is 538 g/mol. The van der Waals surface area contributed by atoms with Crippen LogP contribution in [0.25, 0.3) is 0 Å². The summed E-state index contributed by atoms with van der Waals surface area (Å²) in [6.45, 7) is -2.47. The van der Waals surface area contributed by atoms with Crippen LogP contribution in [-0.2, 0) is 9.47 Å². The van der Waals surface area contributed by atoms with E-state index < -0.39 is 31.7 Å². The molecule has 123 valence electrons. The molecule has 0 unspecified atom stereocenters. The summed E-state index contributed by atoms with van der Waals surface area (Å²) in [4.78, 5) is 0. The van der Waals surface area contributed by atoms with Crippen molar-refractivity contribution in [2.75, 3.05) is 32.9 Å². The zero-order valence-electron chi connectivity index (χ0n) is 9.84. The van der Waals surface area contributed by atoms with E-state index in [1.807, 2.05) is 0 Å². The van der Waals surface area contributed by atoms with Crippen molar-refractivity contribution in [3.63, 3.8) is 0 Å². The van der Waals surface area contributed by atoms with Crippen molar-refractivity contribution in [2.45, 2.75) is 18.5 Å². The Labute approximate surface area is 105 Å². The molecule has 20 heavy (non-hydrogen) atoms. The summed E-state index contributed by atoms with van der Waals surface area (Å²) in [5, 5.41) is 1.43. The first-order valence-corrected chi connectivity index (χ1v) is 7.77. The molecule has 0 atom stereocenters. The predicted octanol–water partition coefficient (Wildman–Crippen LogP) is 1.93. The third-order valence-electron chi connectivity index (χ3n) is 2.00. The minimum absolute atomic E-state index is 0.241. The number of ether oxygens (including phenoxy) is 2. The maximum atomic E-state index is 12.6. The van der Waals surface area contributed by atoms with Gasteiger partial charge in [0.05, 0.1) is 0 Å². The molecule has 0 radical (unpaired) electrons. The van der Waals surface area contributed by atoms with Gasteiger partial charge in [-0.1, -0.05) is 0 Å². The van der Waals surface area contributed by atoms with E-state index in [9.17, 15) is 30.7 Å². The van der Waals surface area contributed by atoms with Gasteiger partial charge in [0.15, 0.2) is 0 Å². The number of nitrogens with zero attached hydrogens (tertiary/aromatic N) is 1. The van der Waals surface area contributed by atoms with Crippen LogP contribution in [0.5, 0.6) is 0 Å². The van der Waals surface area contributed by atoms with Crippen molar-refractivity contribution >= 4 is 6.61 Å². The normalized spacial score (nSPS) is 19.3. The molecule has 3 nitrogen and oxygen atoms in total. The van der Waals surface area contributed by atoms with Crippen molar-refractivity contribution in [1.82, 2.24) is 5.32 Å². The standard InChI is InChI=1S/C5H3F7O.C4H8NO.Cf/c6-3(7)4(8,9)1-13-2-5(10,11)12;1-3-6-4-2-5-1;/h3H,1H2;1-4H2;/q;-1;+1. The third kappa shape index (κ3) is 4.74. The van der Waals surface area contributed by atoms with Crippen LogP contribution < -0.4 is 0 Å². The Morgan fingerprint density at radius 1 is 1.15 bits per heavy atom. The van der Waals surface area contributed by atoms with Crippen molar-refractivity contribution in [3.05, 3.63) is 0 Å². The summed E-state index contributed by atoms with van der Waals surface area (Å²) in [5.41, 5.74) is 0. The van der Waals surface area contributed by atoms with Gasteiger partial charge in [-0.3, -0.25) is 0 Å². The molecule has 0 aromatic carbocycles. The average molecular weight is 549 g/mol. The van der Waals surface area contributed by atoms with Crippen LogP contribution in [0.3, 0.4) is 0 Å². The summed E-state index contributed by atoms with van der Waals surface area (Å²) < 4.78 is 93.5. The zero-order valence-corrected chi connectivity index (χ0v) is 12.5. The quantitative estimate of drug-likeness (QED) is 0.490. The molecule has 1 aliphatic rings. The molecule has 1 heterocycles. The fourth-order valence-corrected chi connectivity index (χ4v) is 3.57. The molecule has 0 bridgehead atoms. The van der Waals surface area contributed by atoms with Crippen LogP contribution in [0, 0.1) is 0 Å². The summed E-state index contributed by atoms with van der Waals surface area (Å²) in [7, 11) is 0. The van der Waals surface area contributed by atoms with Crippen LogP contribution in [-0.4, -0.2) is 63.4 Å². The van der Waals surface area contributed by atoms with E-state index in [1.165, 1.54) is 5.32 Å². The van der Waals surface area contributed by atoms with Crippen LogP contribution in [0.2, 0.25) is 0 Å². The van der Waals surface area contributed by atoms with Gasteiger partial charge in [-0.15, -0.1) is 0 Å². The van der Waals surface area contributed by atoms with E-state index in [4.69, 9.17) is 4.74 Å². The molecule has 0 N–H and O–H groups in total. The number of hydrogen-bond acceptors (Lipinski definition) is 3. The Morgan fingerprint density at radius 3 is 2.15 bits per heavy atom. The van der Waals surface area contributed by atoms with E-state index in [2.05, 4.69) is 4.74 Å². The summed E-state index contributed by atoms with van der Waals surface area (Å²) in [6, 6.07) is 0. The van der Waals surface area contributed by atoms with Gasteiger partial charge >= 0.3 is 104 Å². The number of alkyl halides is 7. The van der Waals surface area contributed by atoms with Gasteiger partial charge in [-0.05, 0) is 0 Å². The third-order valence-corrected chi connectivity index (χ3v) is 5.67. The molecule has 0 spiro atoms. The Balaban J connectivity index is 2.72. The Morgan fingerprint density at radius 2 is 1.70 bits per heavy atom. The molecule has 11 heteroatoms. The molecule has 0 aromatic heterocycles. The predicted molar refractivity (Wildman–Crippen MR) is 50.4 cm³/mol. The number of hydrogen-bond donors (Lipinski definition) is 0. The van der Waals surface area contributed by atoms with Gasteiger partial charge in [0.2, 0.25) is 0 Å². The molecule has 1 fully saturated rings. The van der Waals surface area contributed by atoms with Gasteiger partial charge in [0.1, 0.15) is 0 Å². The maximum absolute atomic E-state index is 12.6. The van der Waals surface area contributed by atoms with Gasteiger partial charge in [-0.25, -0.2) is 0 Å².